The third-order valence-corrected chi connectivity index (χ3v) is 2.86. The standard InChI is InChI=1S/C14H19N3/c1-3-12-5-7-13(8-6-12)15-11-14-9-10-17(4-2)16-14/h5-10,15H,3-4,11H2,1-2H3. The molecule has 0 bridgehead atoms. The van der Waals surface area contributed by atoms with Crippen LogP contribution >= 0.6 is 0 Å². The van der Waals surface area contributed by atoms with Crippen LogP contribution < -0.4 is 5.32 Å². The van der Waals surface area contributed by atoms with E-state index in [4.69, 9.17) is 0 Å². The molecular weight excluding hydrogens is 210 g/mol. The van der Waals surface area contributed by atoms with Gasteiger partial charge in [-0.25, -0.2) is 0 Å². The molecule has 0 aliphatic carbocycles. The van der Waals surface area contributed by atoms with Crippen LogP contribution in [0.4, 0.5) is 5.69 Å². The van der Waals surface area contributed by atoms with E-state index in [1.807, 2.05) is 10.9 Å². The molecule has 90 valence electrons. The minimum absolute atomic E-state index is 0.776. The molecule has 0 saturated heterocycles. The highest BCUT2D eigenvalue weighted by Gasteiger charge is 1.98. The van der Waals surface area contributed by atoms with Crippen molar-refractivity contribution in [1.29, 1.82) is 0 Å². The number of rotatable bonds is 5. The Hall–Kier alpha value is -1.77. The van der Waals surface area contributed by atoms with Crippen molar-refractivity contribution in [3.05, 3.63) is 47.8 Å². The molecule has 1 heterocycles. The normalized spacial score (nSPS) is 10.5. The van der Waals surface area contributed by atoms with Crippen LogP contribution in [0, 0.1) is 0 Å². The first-order chi connectivity index (χ1) is 8.31. The molecular formula is C14H19N3. The second kappa shape index (κ2) is 5.53. The molecule has 0 fully saturated rings. The summed E-state index contributed by atoms with van der Waals surface area (Å²) < 4.78 is 1.94. The van der Waals surface area contributed by atoms with Crippen molar-refractivity contribution in [2.75, 3.05) is 5.32 Å². The van der Waals surface area contributed by atoms with Gasteiger partial charge in [-0.05, 0) is 37.1 Å². The number of nitrogens with zero attached hydrogens (tertiary/aromatic N) is 2. The van der Waals surface area contributed by atoms with Crippen LogP contribution in [-0.4, -0.2) is 9.78 Å². The summed E-state index contributed by atoms with van der Waals surface area (Å²) in [6.45, 7) is 5.96. The molecule has 0 aliphatic heterocycles. The summed E-state index contributed by atoms with van der Waals surface area (Å²) >= 11 is 0. The first kappa shape index (κ1) is 11.7. The van der Waals surface area contributed by atoms with E-state index in [1.54, 1.807) is 0 Å². The molecule has 17 heavy (non-hydrogen) atoms. The molecule has 3 nitrogen and oxygen atoms in total. The van der Waals surface area contributed by atoms with Crippen molar-refractivity contribution in [3.8, 4) is 0 Å². The van der Waals surface area contributed by atoms with E-state index in [0.29, 0.717) is 0 Å². The van der Waals surface area contributed by atoms with Gasteiger partial charge in [-0.3, -0.25) is 4.68 Å². The maximum Gasteiger partial charge on any atom is 0.0815 e. The quantitative estimate of drug-likeness (QED) is 0.854. The van der Waals surface area contributed by atoms with Gasteiger partial charge in [-0.1, -0.05) is 19.1 Å². The third-order valence-electron chi connectivity index (χ3n) is 2.86. The summed E-state index contributed by atoms with van der Waals surface area (Å²) in [6, 6.07) is 10.6. The molecule has 1 N–H and O–H groups in total. The van der Waals surface area contributed by atoms with E-state index in [-0.39, 0.29) is 0 Å². The van der Waals surface area contributed by atoms with Gasteiger partial charge in [0.1, 0.15) is 0 Å². The van der Waals surface area contributed by atoms with Gasteiger partial charge in [0.15, 0.2) is 0 Å². The Morgan fingerprint density at radius 2 is 1.88 bits per heavy atom. The lowest BCUT2D eigenvalue weighted by atomic mass is 10.1. The summed E-state index contributed by atoms with van der Waals surface area (Å²) in [4.78, 5) is 0. The summed E-state index contributed by atoms with van der Waals surface area (Å²) in [5, 5.41) is 7.81. The van der Waals surface area contributed by atoms with Gasteiger partial charge in [0.25, 0.3) is 0 Å². The van der Waals surface area contributed by atoms with E-state index in [1.165, 1.54) is 5.56 Å². The van der Waals surface area contributed by atoms with Crippen LogP contribution in [0.2, 0.25) is 0 Å². The Balaban J connectivity index is 1.92. The molecule has 1 aromatic heterocycles. The van der Waals surface area contributed by atoms with Crippen molar-refractivity contribution in [3.63, 3.8) is 0 Å². The Labute approximate surface area is 102 Å². The summed E-state index contributed by atoms with van der Waals surface area (Å²) in [7, 11) is 0. The number of anilines is 1. The summed E-state index contributed by atoms with van der Waals surface area (Å²) in [5.74, 6) is 0. The SMILES string of the molecule is CCc1ccc(NCc2ccn(CC)n2)cc1. The van der Waals surface area contributed by atoms with E-state index in [2.05, 4.69) is 54.6 Å². The molecule has 0 radical (unpaired) electrons. The maximum absolute atomic E-state index is 4.43. The number of aryl methyl sites for hydroxylation is 2. The van der Waals surface area contributed by atoms with Crippen LogP contribution in [0.3, 0.4) is 0 Å². The topological polar surface area (TPSA) is 29.9 Å². The lowest BCUT2D eigenvalue weighted by molar-refractivity contribution is 0.649. The second-order valence-electron chi connectivity index (χ2n) is 4.07. The Morgan fingerprint density at radius 1 is 1.12 bits per heavy atom. The Morgan fingerprint density at radius 3 is 2.47 bits per heavy atom. The Kier molecular flexibility index (Phi) is 3.81. The van der Waals surface area contributed by atoms with E-state index in [0.717, 1.165) is 30.9 Å². The lowest BCUT2D eigenvalue weighted by Crippen LogP contribution is -2.02. The first-order valence-corrected chi connectivity index (χ1v) is 6.17. The third kappa shape index (κ3) is 3.09. The van der Waals surface area contributed by atoms with E-state index < -0.39 is 0 Å². The smallest absolute Gasteiger partial charge is 0.0815 e. The number of benzene rings is 1. The van der Waals surface area contributed by atoms with Gasteiger partial charge in [0, 0.05) is 18.4 Å². The molecule has 0 amide bonds. The van der Waals surface area contributed by atoms with Crippen LogP contribution in [0.1, 0.15) is 25.1 Å². The fourth-order valence-electron chi connectivity index (χ4n) is 1.73. The molecule has 3 heteroatoms. The van der Waals surface area contributed by atoms with Gasteiger partial charge in [0.2, 0.25) is 0 Å². The van der Waals surface area contributed by atoms with Gasteiger partial charge in [-0.15, -0.1) is 0 Å². The van der Waals surface area contributed by atoms with Crippen LogP contribution in [0.25, 0.3) is 0 Å². The van der Waals surface area contributed by atoms with Crippen molar-refractivity contribution >= 4 is 5.69 Å². The first-order valence-electron chi connectivity index (χ1n) is 6.17. The molecule has 0 aliphatic rings. The summed E-state index contributed by atoms with van der Waals surface area (Å²) in [6.07, 6.45) is 3.10. The average Bonchev–Trinajstić information content (AvgIpc) is 2.85. The number of aromatic nitrogens is 2. The lowest BCUT2D eigenvalue weighted by Gasteiger charge is -2.05. The van der Waals surface area contributed by atoms with Crippen molar-refractivity contribution < 1.29 is 0 Å². The molecule has 0 unspecified atom stereocenters. The highest BCUT2D eigenvalue weighted by atomic mass is 15.3. The molecule has 1 aromatic carbocycles. The minimum Gasteiger partial charge on any atom is -0.379 e. The maximum atomic E-state index is 4.43. The fraction of sp³-hybridized carbons (Fsp3) is 0.357. The molecule has 0 spiro atoms. The zero-order valence-electron chi connectivity index (χ0n) is 10.5. The zero-order chi connectivity index (χ0) is 12.1. The number of hydrogen-bond donors (Lipinski definition) is 1. The fourth-order valence-corrected chi connectivity index (χ4v) is 1.73. The highest BCUT2D eigenvalue weighted by Crippen LogP contribution is 2.11. The van der Waals surface area contributed by atoms with Gasteiger partial charge in [0.05, 0.1) is 12.2 Å². The van der Waals surface area contributed by atoms with Crippen LogP contribution in [0.15, 0.2) is 36.5 Å². The average molecular weight is 229 g/mol. The molecule has 0 atom stereocenters. The number of nitrogens with one attached hydrogen (secondary N) is 1. The molecule has 2 rings (SSSR count). The van der Waals surface area contributed by atoms with Crippen LogP contribution in [0.5, 0.6) is 0 Å². The molecule has 0 saturated carbocycles. The van der Waals surface area contributed by atoms with E-state index >= 15 is 0 Å². The van der Waals surface area contributed by atoms with Gasteiger partial charge >= 0.3 is 0 Å². The van der Waals surface area contributed by atoms with Crippen molar-refractivity contribution in [2.24, 2.45) is 0 Å². The molecule has 2 aromatic rings. The van der Waals surface area contributed by atoms with Gasteiger partial charge < -0.3 is 5.32 Å². The monoisotopic (exact) mass is 229 g/mol. The minimum atomic E-state index is 0.776. The van der Waals surface area contributed by atoms with E-state index in [9.17, 15) is 0 Å². The highest BCUT2D eigenvalue weighted by molar-refractivity contribution is 5.44. The van der Waals surface area contributed by atoms with Crippen molar-refractivity contribution in [2.45, 2.75) is 33.4 Å². The Bertz CT molecular complexity index is 457. The van der Waals surface area contributed by atoms with Gasteiger partial charge in [-0.2, -0.15) is 5.10 Å². The predicted molar refractivity (Wildman–Crippen MR) is 71.0 cm³/mol. The number of hydrogen-bond acceptors (Lipinski definition) is 2. The summed E-state index contributed by atoms with van der Waals surface area (Å²) in [5.41, 5.74) is 3.59. The zero-order valence-corrected chi connectivity index (χ0v) is 10.5. The van der Waals surface area contributed by atoms with Crippen LogP contribution in [-0.2, 0) is 19.5 Å². The predicted octanol–water partition coefficient (Wildman–Crippen LogP) is 3.08. The largest absolute Gasteiger partial charge is 0.379 e. The van der Waals surface area contributed by atoms with Crippen molar-refractivity contribution in [1.82, 2.24) is 9.78 Å². The second-order valence-corrected chi connectivity index (χ2v) is 4.07.